The van der Waals surface area contributed by atoms with E-state index in [1.807, 2.05) is 29.6 Å². The third kappa shape index (κ3) is 5.79. The van der Waals surface area contributed by atoms with E-state index in [1.54, 1.807) is 36.5 Å². The Balaban J connectivity index is 1.33. The van der Waals surface area contributed by atoms with Gasteiger partial charge in [-0.2, -0.15) is 5.10 Å². The first-order valence-electron chi connectivity index (χ1n) is 11.9. The Labute approximate surface area is 222 Å². The minimum absolute atomic E-state index is 0.133. The van der Waals surface area contributed by atoms with Crippen LogP contribution in [-0.2, 0) is 37.8 Å². The quantitative estimate of drug-likeness (QED) is 0.303. The van der Waals surface area contributed by atoms with Gasteiger partial charge in [0, 0.05) is 42.3 Å². The Morgan fingerprint density at radius 3 is 2.70 bits per heavy atom. The van der Waals surface area contributed by atoms with Gasteiger partial charge < -0.3 is 5.32 Å². The number of halogens is 1. The maximum atomic E-state index is 13.4. The van der Waals surface area contributed by atoms with Gasteiger partial charge in [-0.25, -0.2) is 4.98 Å². The average molecular weight is 533 g/mol. The van der Waals surface area contributed by atoms with Gasteiger partial charge in [0.1, 0.15) is 17.1 Å². The molecule has 0 aliphatic carbocycles. The molecule has 0 unspecified atom stereocenters. The second-order valence-corrected chi connectivity index (χ2v) is 10.0. The van der Waals surface area contributed by atoms with Gasteiger partial charge in [0.2, 0.25) is 5.91 Å². The second kappa shape index (κ2) is 11.1. The molecule has 0 saturated carbocycles. The van der Waals surface area contributed by atoms with Gasteiger partial charge in [0.05, 0.1) is 23.1 Å². The highest BCUT2D eigenvalue weighted by molar-refractivity contribution is 7.17. The number of rotatable bonds is 9. The number of nitrogens with one attached hydrogen (secondary N) is 1. The molecule has 0 aliphatic rings. The van der Waals surface area contributed by atoms with Crippen molar-refractivity contribution in [1.29, 1.82) is 0 Å². The smallest absolute Gasteiger partial charge is 0.273 e. The highest BCUT2D eigenvalue weighted by Crippen LogP contribution is 2.28. The number of nitrogens with zero attached hydrogens (tertiary/aromatic N) is 5. The Morgan fingerprint density at radius 1 is 1.08 bits per heavy atom. The number of pyridine rings is 1. The van der Waals surface area contributed by atoms with E-state index in [1.165, 1.54) is 21.5 Å². The maximum absolute atomic E-state index is 13.4. The molecule has 5 aromatic rings. The molecule has 4 aromatic heterocycles. The molecule has 0 fully saturated rings. The minimum atomic E-state index is -0.287. The zero-order chi connectivity index (χ0) is 25.8. The molecule has 4 heterocycles. The van der Waals surface area contributed by atoms with Gasteiger partial charge in [-0.15, -0.1) is 11.3 Å². The van der Waals surface area contributed by atoms with E-state index < -0.39 is 0 Å². The van der Waals surface area contributed by atoms with Crippen molar-refractivity contribution in [2.75, 3.05) is 0 Å². The summed E-state index contributed by atoms with van der Waals surface area (Å²) in [5.41, 5.74) is 3.49. The molecule has 0 aliphatic heterocycles. The van der Waals surface area contributed by atoms with Crippen LogP contribution in [0.4, 0.5) is 0 Å². The van der Waals surface area contributed by atoms with Crippen molar-refractivity contribution in [1.82, 2.24) is 29.6 Å². The van der Waals surface area contributed by atoms with Gasteiger partial charge in [-0.05, 0) is 36.5 Å². The minimum Gasteiger partial charge on any atom is -0.350 e. The van der Waals surface area contributed by atoms with E-state index in [0.29, 0.717) is 22.8 Å². The van der Waals surface area contributed by atoms with Crippen LogP contribution in [-0.4, -0.2) is 30.2 Å². The summed E-state index contributed by atoms with van der Waals surface area (Å²) in [5.74, 6) is -0.287. The molecule has 37 heavy (non-hydrogen) atoms. The molecule has 10 heteroatoms. The number of amides is 1. The van der Waals surface area contributed by atoms with Gasteiger partial charge in [0.25, 0.3) is 5.56 Å². The number of aryl methyl sites for hydroxylation is 3. The standard InChI is InChI=1S/C27H25ClN6O2S/c1-33-15-20(13-32-33)24-14-29-23(9-5-8-18-6-3-2-4-7-18)27(36)34(24)16-25(35)30-11-19-10-21-22(28)17-37-26(21)31-12-19/h2-4,6-7,10,12-15,17H,5,8-9,11,16H2,1H3,(H,30,35). The molecule has 188 valence electrons. The zero-order valence-corrected chi connectivity index (χ0v) is 21.8. The Hall–Kier alpha value is -3.82. The van der Waals surface area contributed by atoms with Crippen molar-refractivity contribution >= 4 is 39.1 Å². The highest BCUT2D eigenvalue weighted by atomic mass is 35.5. The predicted octanol–water partition coefficient (Wildman–Crippen LogP) is 4.40. The summed E-state index contributed by atoms with van der Waals surface area (Å²) in [4.78, 5) is 36.1. The molecule has 1 amide bonds. The fourth-order valence-electron chi connectivity index (χ4n) is 4.17. The molecule has 1 N–H and O–H groups in total. The number of benzene rings is 1. The van der Waals surface area contributed by atoms with Crippen LogP contribution in [0.3, 0.4) is 0 Å². The van der Waals surface area contributed by atoms with E-state index in [2.05, 4.69) is 32.5 Å². The number of carbonyl (C=O) groups excluding carboxylic acids is 1. The van der Waals surface area contributed by atoms with Crippen molar-refractivity contribution in [2.45, 2.75) is 32.4 Å². The van der Waals surface area contributed by atoms with Crippen molar-refractivity contribution in [3.63, 3.8) is 0 Å². The van der Waals surface area contributed by atoms with Gasteiger partial charge >= 0.3 is 0 Å². The summed E-state index contributed by atoms with van der Waals surface area (Å²) in [6.45, 7) is 0.145. The van der Waals surface area contributed by atoms with Gasteiger partial charge in [-0.1, -0.05) is 41.9 Å². The monoisotopic (exact) mass is 532 g/mol. The summed E-state index contributed by atoms with van der Waals surface area (Å²) in [5, 5.41) is 10.5. The van der Waals surface area contributed by atoms with E-state index >= 15 is 0 Å². The molecule has 5 rings (SSSR count). The first-order chi connectivity index (χ1) is 18.0. The summed E-state index contributed by atoms with van der Waals surface area (Å²) in [6, 6.07) is 12.1. The topological polar surface area (TPSA) is 94.7 Å². The van der Waals surface area contributed by atoms with E-state index in [9.17, 15) is 9.59 Å². The Kier molecular flexibility index (Phi) is 7.43. The summed E-state index contributed by atoms with van der Waals surface area (Å²) < 4.78 is 3.13. The molecular formula is C27H25ClN6O2S. The Bertz CT molecular complexity index is 1610. The summed E-state index contributed by atoms with van der Waals surface area (Å²) in [6.07, 6.45) is 8.98. The number of fused-ring (bicyclic) bond motifs is 1. The number of hydrogen-bond acceptors (Lipinski definition) is 6. The molecule has 0 spiro atoms. The van der Waals surface area contributed by atoms with Crippen molar-refractivity contribution in [3.05, 3.63) is 98.8 Å². The lowest BCUT2D eigenvalue weighted by atomic mass is 10.1. The van der Waals surface area contributed by atoms with Crippen LogP contribution in [0, 0.1) is 0 Å². The average Bonchev–Trinajstić information content (AvgIpc) is 3.50. The van der Waals surface area contributed by atoms with Crippen LogP contribution in [0.5, 0.6) is 0 Å². The first-order valence-corrected chi connectivity index (χ1v) is 13.1. The molecular weight excluding hydrogens is 508 g/mol. The fraction of sp³-hybridized carbons (Fsp3) is 0.222. The molecule has 0 bridgehead atoms. The normalized spacial score (nSPS) is 11.2. The largest absolute Gasteiger partial charge is 0.350 e. The summed E-state index contributed by atoms with van der Waals surface area (Å²) in [7, 11) is 1.80. The van der Waals surface area contributed by atoms with Crippen LogP contribution in [0.1, 0.15) is 23.2 Å². The molecule has 1 aromatic carbocycles. The fourth-order valence-corrected chi connectivity index (χ4v) is 5.26. The van der Waals surface area contributed by atoms with Crippen LogP contribution in [0.25, 0.3) is 21.5 Å². The lowest BCUT2D eigenvalue weighted by Gasteiger charge is -2.13. The molecule has 0 saturated heterocycles. The zero-order valence-electron chi connectivity index (χ0n) is 20.2. The third-order valence-corrected chi connectivity index (χ3v) is 7.42. The van der Waals surface area contributed by atoms with Crippen LogP contribution in [0.15, 0.2) is 71.4 Å². The number of carbonyl (C=O) groups is 1. The number of aromatic nitrogens is 5. The van der Waals surface area contributed by atoms with Crippen molar-refractivity contribution < 1.29 is 4.79 Å². The van der Waals surface area contributed by atoms with Crippen LogP contribution >= 0.6 is 22.9 Å². The SMILES string of the molecule is Cn1cc(-c2cnc(CCCc3ccccc3)c(=O)n2CC(=O)NCc2cnc3scc(Cl)c3c2)cn1. The van der Waals surface area contributed by atoms with Crippen molar-refractivity contribution in [2.24, 2.45) is 7.05 Å². The van der Waals surface area contributed by atoms with Crippen molar-refractivity contribution in [3.8, 4) is 11.3 Å². The summed E-state index contributed by atoms with van der Waals surface area (Å²) >= 11 is 7.70. The second-order valence-electron chi connectivity index (χ2n) is 8.78. The lowest BCUT2D eigenvalue weighted by Crippen LogP contribution is -2.34. The van der Waals surface area contributed by atoms with E-state index in [-0.39, 0.29) is 24.6 Å². The Morgan fingerprint density at radius 2 is 1.92 bits per heavy atom. The first kappa shape index (κ1) is 24.9. The third-order valence-electron chi connectivity index (χ3n) is 6.08. The van der Waals surface area contributed by atoms with E-state index in [0.717, 1.165) is 34.2 Å². The maximum Gasteiger partial charge on any atom is 0.273 e. The lowest BCUT2D eigenvalue weighted by molar-refractivity contribution is -0.121. The number of hydrogen-bond donors (Lipinski definition) is 1. The molecule has 8 nitrogen and oxygen atoms in total. The number of thiophene rings is 1. The predicted molar refractivity (Wildman–Crippen MR) is 146 cm³/mol. The van der Waals surface area contributed by atoms with Crippen LogP contribution in [0.2, 0.25) is 5.02 Å². The van der Waals surface area contributed by atoms with Gasteiger partial charge in [0.15, 0.2) is 0 Å². The molecule has 0 radical (unpaired) electrons. The highest BCUT2D eigenvalue weighted by Gasteiger charge is 2.16. The van der Waals surface area contributed by atoms with Crippen LogP contribution < -0.4 is 10.9 Å². The van der Waals surface area contributed by atoms with Gasteiger partial charge in [-0.3, -0.25) is 23.8 Å². The van der Waals surface area contributed by atoms with E-state index in [4.69, 9.17) is 11.6 Å². The molecule has 0 atom stereocenters.